The van der Waals surface area contributed by atoms with Crippen LogP contribution in [0.2, 0.25) is 0 Å². The topological polar surface area (TPSA) is 63.7 Å². The average Bonchev–Trinajstić information content (AvgIpc) is 2.59. The van der Waals surface area contributed by atoms with Gasteiger partial charge in [0.2, 0.25) is 0 Å². The number of nitrogens with one attached hydrogen (secondary N) is 1. The highest BCUT2D eigenvalue weighted by Crippen LogP contribution is 2.32. The highest BCUT2D eigenvalue weighted by atomic mass is 19.1. The van der Waals surface area contributed by atoms with E-state index in [1.807, 2.05) is 13.0 Å². The van der Waals surface area contributed by atoms with Crippen molar-refractivity contribution in [3.8, 4) is 11.5 Å². The minimum atomic E-state index is -0.558. The number of amides is 2. The minimum absolute atomic E-state index is 0.0287. The molecule has 1 heterocycles. The number of anilines is 1. The van der Waals surface area contributed by atoms with E-state index in [4.69, 9.17) is 9.47 Å². The third-order valence-corrected chi connectivity index (χ3v) is 3.70. The number of halogens is 1. The molecule has 6 nitrogen and oxygen atoms in total. The summed E-state index contributed by atoms with van der Waals surface area (Å²) in [7, 11) is 4.59. The lowest BCUT2D eigenvalue weighted by Gasteiger charge is -2.19. The van der Waals surface area contributed by atoms with Crippen molar-refractivity contribution in [2.24, 2.45) is 0 Å². The van der Waals surface area contributed by atoms with E-state index in [1.54, 1.807) is 20.3 Å². The monoisotopic (exact) mass is 333 g/mol. The van der Waals surface area contributed by atoms with Crippen molar-refractivity contribution in [3.63, 3.8) is 0 Å². The van der Waals surface area contributed by atoms with Gasteiger partial charge in [0.15, 0.2) is 23.1 Å². The summed E-state index contributed by atoms with van der Waals surface area (Å²) >= 11 is 0. The molecule has 0 unspecified atom stereocenters. The van der Waals surface area contributed by atoms with Crippen molar-refractivity contribution in [1.82, 2.24) is 10.3 Å². The summed E-state index contributed by atoms with van der Waals surface area (Å²) in [6.07, 6.45) is 1.43. The van der Waals surface area contributed by atoms with E-state index >= 15 is 0 Å². The Kier molecular flexibility index (Phi) is 5.57. The molecule has 0 saturated carbocycles. The SMILES string of the molecule is COc1ccc(CNC(=O)N(C)c2ncccc2F)c(C)c1OC. The number of ether oxygens (including phenoxy) is 2. The number of urea groups is 1. The molecule has 1 aromatic carbocycles. The van der Waals surface area contributed by atoms with E-state index in [2.05, 4.69) is 10.3 Å². The lowest BCUT2D eigenvalue weighted by molar-refractivity contribution is 0.246. The van der Waals surface area contributed by atoms with Gasteiger partial charge in [-0.3, -0.25) is 4.90 Å². The number of pyridine rings is 1. The first-order valence-corrected chi connectivity index (χ1v) is 7.32. The third kappa shape index (κ3) is 3.56. The Labute approximate surface area is 140 Å². The quantitative estimate of drug-likeness (QED) is 0.914. The number of nitrogens with zero attached hydrogens (tertiary/aromatic N) is 2. The lowest BCUT2D eigenvalue weighted by atomic mass is 10.1. The molecule has 2 amide bonds. The predicted octanol–water partition coefficient (Wildman–Crippen LogP) is 2.89. The van der Waals surface area contributed by atoms with Gasteiger partial charge in [-0.1, -0.05) is 6.07 Å². The summed E-state index contributed by atoms with van der Waals surface area (Å²) in [5, 5.41) is 2.74. The normalized spacial score (nSPS) is 10.2. The van der Waals surface area contributed by atoms with Gasteiger partial charge in [-0.05, 0) is 36.2 Å². The van der Waals surface area contributed by atoms with E-state index in [0.717, 1.165) is 16.0 Å². The lowest BCUT2D eigenvalue weighted by Crippen LogP contribution is -2.38. The van der Waals surface area contributed by atoms with Crippen LogP contribution in [0, 0.1) is 12.7 Å². The van der Waals surface area contributed by atoms with Crippen molar-refractivity contribution in [2.45, 2.75) is 13.5 Å². The number of carbonyl (C=O) groups excluding carboxylic acids is 1. The van der Waals surface area contributed by atoms with Crippen LogP contribution in [0.4, 0.5) is 15.0 Å². The highest BCUT2D eigenvalue weighted by Gasteiger charge is 2.17. The zero-order valence-corrected chi connectivity index (χ0v) is 14.1. The molecule has 0 radical (unpaired) electrons. The van der Waals surface area contributed by atoms with E-state index in [9.17, 15) is 9.18 Å². The number of carbonyl (C=O) groups is 1. The largest absolute Gasteiger partial charge is 0.493 e. The number of hydrogen-bond acceptors (Lipinski definition) is 4. The number of benzene rings is 1. The molecule has 0 aliphatic carbocycles. The van der Waals surface area contributed by atoms with Crippen LogP contribution in [0.5, 0.6) is 11.5 Å². The fourth-order valence-corrected chi connectivity index (χ4v) is 2.32. The average molecular weight is 333 g/mol. The Bertz CT molecular complexity index is 737. The van der Waals surface area contributed by atoms with Gasteiger partial charge in [-0.2, -0.15) is 0 Å². The van der Waals surface area contributed by atoms with Crippen LogP contribution < -0.4 is 19.7 Å². The molecule has 0 bridgehead atoms. The van der Waals surface area contributed by atoms with Gasteiger partial charge in [-0.15, -0.1) is 0 Å². The van der Waals surface area contributed by atoms with Gasteiger partial charge in [0.1, 0.15) is 0 Å². The van der Waals surface area contributed by atoms with Crippen LogP contribution >= 0.6 is 0 Å². The van der Waals surface area contributed by atoms with E-state index in [0.29, 0.717) is 11.5 Å². The molecule has 0 aliphatic rings. The van der Waals surface area contributed by atoms with Gasteiger partial charge < -0.3 is 14.8 Å². The Morgan fingerprint density at radius 2 is 2.04 bits per heavy atom. The molecule has 7 heteroatoms. The van der Waals surface area contributed by atoms with E-state index in [1.165, 1.54) is 25.4 Å². The van der Waals surface area contributed by atoms with Crippen LogP contribution in [-0.4, -0.2) is 32.3 Å². The Morgan fingerprint density at radius 1 is 1.29 bits per heavy atom. The maximum atomic E-state index is 13.7. The molecule has 24 heavy (non-hydrogen) atoms. The van der Waals surface area contributed by atoms with Crippen LogP contribution in [0.3, 0.4) is 0 Å². The molecule has 2 rings (SSSR count). The van der Waals surface area contributed by atoms with E-state index in [-0.39, 0.29) is 12.4 Å². The van der Waals surface area contributed by atoms with Crippen LogP contribution in [0.1, 0.15) is 11.1 Å². The predicted molar refractivity (Wildman–Crippen MR) is 89.1 cm³/mol. The second-order valence-corrected chi connectivity index (χ2v) is 5.11. The van der Waals surface area contributed by atoms with Crippen LogP contribution in [0.25, 0.3) is 0 Å². The highest BCUT2D eigenvalue weighted by molar-refractivity contribution is 5.90. The summed E-state index contributed by atoms with van der Waals surface area (Å²) < 4.78 is 24.3. The summed E-state index contributed by atoms with van der Waals surface area (Å²) in [5.41, 5.74) is 1.74. The zero-order chi connectivity index (χ0) is 17.7. The van der Waals surface area contributed by atoms with Gasteiger partial charge in [0.05, 0.1) is 14.2 Å². The van der Waals surface area contributed by atoms with Crippen LogP contribution in [0.15, 0.2) is 30.5 Å². The second-order valence-electron chi connectivity index (χ2n) is 5.11. The molecule has 0 aliphatic heterocycles. The first kappa shape index (κ1) is 17.5. The van der Waals surface area contributed by atoms with Crippen molar-refractivity contribution < 1.29 is 18.7 Å². The summed E-state index contributed by atoms with van der Waals surface area (Å²) in [4.78, 5) is 17.2. The second kappa shape index (κ2) is 7.63. The maximum Gasteiger partial charge on any atom is 0.323 e. The van der Waals surface area contributed by atoms with Crippen molar-refractivity contribution in [3.05, 3.63) is 47.4 Å². The molecule has 1 aromatic heterocycles. The Morgan fingerprint density at radius 3 is 2.67 bits per heavy atom. The molecule has 128 valence electrons. The van der Waals surface area contributed by atoms with Crippen molar-refractivity contribution >= 4 is 11.8 Å². The minimum Gasteiger partial charge on any atom is -0.493 e. The molecule has 2 aromatic rings. The van der Waals surface area contributed by atoms with E-state index < -0.39 is 11.8 Å². The van der Waals surface area contributed by atoms with Gasteiger partial charge in [0.25, 0.3) is 0 Å². The van der Waals surface area contributed by atoms with Gasteiger partial charge in [0, 0.05) is 19.8 Å². The van der Waals surface area contributed by atoms with Crippen LogP contribution in [-0.2, 0) is 6.54 Å². The smallest absolute Gasteiger partial charge is 0.323 e. The molecular weight excluding hydrogens is 313 g/mol. The summed E-state index contributed by atoms with van der Waals surface area (Å²) in [5.74, 6) is 0.655. The number of methoxy groups -OCH3 is 2. The third-order valence-electron chi connectivity index (χ3n) is 3.70. The first-order valence-electron chi connectivity index (χ1n) is 7.32. The first-order chi connectivity index (χ1) is 11.5. The maximum absolute atomic E-state index is 13.7. The number of rotatable bonds is 5. The summed E-state index contributed by atoms with van der Waals surface area (Å²) in [6.45, 7) is 2.15. The molecule has 0 atom stereocenters. The number of hydrogen-bond donors (Lipinski definition) is 1. The molecule has 0 saturated heterocycles. The summed E-state index contributed by atoms with van der Waals surface area (Å²) in [6, 6.07) is 5.89. The Hall–Kier alpha value is -2.83. The van der Waals surface area contributed by atoms with Crippen molar-refractivity contribution in [1.29, 1.82) is 0 Å². The van der Waals surface area contributed by atoms with Gasteiger partial charge >= 0.3 is 6.03 Å². The molecule has 0 spiro atoms. The Balaban J connectivity index is 2.11. The number of aromatic nitrogens is 1. The standard InChI is InChI=1S/C17H20FN3O3/c1-11-12(7-8-14(23-3)15(11)24-4)10-20-17(22)21(2)16-13(18)6-5-9-19-16/h5-9H,10H2,1-4H3,(H,20,22). The molecule has 0 fully saturated rings. The fourth-order valence-electron chi connectivity index (χ4n) is 2.32. The molecular formula is C17H20FN3O3. The zero-order valence-electron chi connectivity index (χ0n) is 14.1. The fraction of sp³-hybridized carbons (Fsp3) is 0.294. The van der Waals surface area contributed by atoms with Crippen molar-refractivity contribution in [2.75, 3.05) is 26.2 Å². The van der Waals surface area contributed by atoms with Gasteiger partial charge in [-0.25, -0.2) is 14.2 Å². The molecule has 1 N–H and O–H groups in total.